The molecule has 1 aromatic rings. The Morgan fingerprint density at radius 2 is 1.84 bits per heavy atom. The van der Waals surface area contributed by atoms with Crippen molar-refractivity contribution in [3.05, 3.63) is 23.5 Å². The van der Waals surface area contributed by atoms with Gasteiger partial charge in [0, 0.05) is 5.54 Å². The minimum absolute atomic E-state index is 0.195. The number of rotatable bonds is 6. The summed E-state index contributed by atoms with van der Waals surface area (Å²) in [4.78, 5) is 11.3. The lowest BCUT2D eigenvalue weighted by molar-refractivity contribution is 0.0698. The molecule has 1 rings (SSSR count). The van der Waals surface area contributed by atoms with Gasteiger partial charge in [0.2, 0.25) is 0 Å². The molecule has 0 unspecified atom stereocenters. The minimum Gasteiger partial charge on any atom is -0.478 e. The summed E-state index contributed by atoms with van der Waals surface area (Å²) in [6.07, 6.45) is 2.53. The van der Waals surface area contributed by atoms with Crippen LogP contribution in [0.25, 0.3) is 0 Å². The summed E-state index contributed by atoms with van der Waals surface area (Å²) in [6.45, 7) is 6.11. The molecule has 0 spiro atoms. The summed E-state index contributed by atoms with van der Waals surface area (Å²) in [7, 11) is 0. The number of carboxylic acids is 1. The van der Waals surface area contributed by atoms with Crippen LogP contribution in [0.5, 0.6) is 0 Å². The van der Waals surface area contributed by atoms with Crippen molar-refractivity contribution >= 4 is 17.3 Å². The smallest absolute Gasteiger partial charge is 0.340 e. The van der Waals surface area contributed by atoms with Gasteiger partial charge >= 0.3 is 5.97 Å². The maximum atomic E-state index is 13.4. The Bertz CT molecular complexity index is 462. The Hall–Kier alpha value is -1.78. The van der Waals surface area contributed by atoms with Gasteiger partial charge in [-0.2, -0.15) is 0 Å². The highest BCUT2D eigenvalue weighted by molar-refractivity contribution is 6.00. The van der Waals surface area contributed by atoms with E-state index in [1.807, 2.05) is 20.8 Å². The second kappa shape index (κ2) is 5.91. The number of nitrogens with one attached hydrogen (secondary N) is 1. The summed E-state index contributed by atoms with van der Waals surface area (Å²) >= 11 is 0. The molecule has 0 radical (unpaired) electrons. The Morgan fingerprint density at radius 1 is 1.32 bits per heavy atom. The van der Waals surface area contributed by atoms with Gasteiger partial charge in [-0.25, -0.2) is 9.18 Å². The molecular weight excluding hydrogens is 247 g/mol. The van der Waals surface area contributed by atoms with E-state index in [2.05, 4.69) is 5.32 Å². The molecule has 4 N–H and O–H groups in total. The van der Waals surface area contributed by atoms with Crippen LogP contribution in [0.2, 0.25) is 0 Å². The standard InChI is InChI=1S/C14H21FN2O2/c1-4-14(5-2,6-3)17-10-8-7-9(15)12(16)11(10)13(18)19/h7-8,17H,4-6,16H2,1-3H3,(H,18,19). The molecule has 1 aromatic carbocycles. The molecule has 0 saturated carbocycles. The van der Waals surface area contributed by atoms with Crippen LogP contribution >= 0.6 is 0 Å². The Morgan fingerprint density at radius 3 is 2.26 bits per heavy atom. The van der Waals surface area contributed by atoms with Gasteiger partial charge in [0.05, 0.1) is 11.4 Å². The van der Waals surface area contributed by atoms with Crippen molar-refractivity contribution in [3.8, 4) is 0 Å². The van der Waals surface area contributed by atoms with Crippen LogP contribution in [-0.2, 0) is 0 Å². The summed E-state index contributed by atoms with van der Waals surface area (Å²) in [6, 6.07) is 2.63. The summed E-state index contributed by atoms with van der Waals surface area (Å²) < 4.78 is 13.4. The monoisotopic (exact) mass is 268 g/mol. The molecule has 0 aromatic heterocycles. The third-order valence-corrected chi connectivity index (χ3v) is 3.84. The van der Waals surface area contributed by atoms with Gasteiger partial charge in [0.15, 0.2) is 0 Å². The number of halogens is 1. The molecule has 5 heteroatoms. The summed E-state index contributed by atoms with van der Waals surface area (Å²) in [5.41, 5.74) is 5.18. The molecule has 0 fully saturated rings. The zero-order valence-electron chi connectivity index (χ0n) is 11.6. The SMILES string of the molecule is CCC(CC)(CC)Nc1ccc(F)c(N)c1C(=O)O. The first-order valence-corrected chi connectivity index (χ1v) is 6.50. The van der Waals surface area contributed by atoms with Gasteiger partial charge in [-0.1, -0.05) is 20.8 Å². The van der Waals surface area contributed by atoms with Crippen LogP contribution in [0.1, 0.15) is 50.4 Å². The molecule has 0 amide bonds. The third-order valence-electron chi connectivity index (χ3n) is 3.84. The molecule has 0 bridgehead atoms. The second-order valence-electron chi connectivity index (χ2n) is 4.65. The van der Waals surface area contributed by atoms with Gasteiger partial charge in [0.25, 0.3) is 0 Å². The van der Waals surface area contributed by atoms with Crippen molar-refractivity contribution in [1.29, 1.82) is 0 Å². The number of hydrogen-bond donors (Lipinski definition) is 3. The summed E-state index contributed by atoms with van der Waals surface area (Å²) in [5.74, 6) is -1.94. The lowest BCUT2D eigenvalue weighted by Gasteiger charge is -2.33. The number of aromatic carboxylic acids is 1. The molecule has 19 heavy (non-hydrogen) atoms. The zero-order chi connectivity index (χ0) is 14.6. The van der Waals surface area contributed by atoms with E-state index in [4.69, 9.17) is 5.73 Å². The lowest BCUT2D eigenvalue weighted by Crippen LogP contribution is -2.36. The molecule has 0 aliphatic carbocycles. The highest BCUT2D eigenvalue weighted by atomic mass is 19.1. The molecule has 0 saturated heterocycles. The average molecular weight is 268 g/mol. The van der Waals surface area contributed by atoms with Crippen LogP contribution < -0.4 is 11.1 Å². The van der Waals surface area contributed by atoms with Crippen molar-refractivity contribution < 1.29 is 14.3 Å². The molecule has 0 aliphatic rings. The second-order valence-corrected chi connectivity index (χ2v) is 4.65. The van der Waals surface area contributed by atoms with Crippen molar-refractivity contribution in [2.75, 3.05) is 11.1 Å². The van der Waals surface area contributed by atoms with E-state index in [1.54, 1.807) is 0 Å². The Labute approximate surface area is 112 Å². The molecule has 4 nitrogen and oxygen atoms in total. The van der Waals surface area contributed by atoms with Crippen molar-refractivity contribution in [3.63, 3.8) is 0 Å². The molecular formula is C14H21FN2O2. The van der Waals surface area contributed by atoms with Crippen LogP contribution in [0.15, 0.2) is 12.1 Å². The normalized spacial score (nSPS) is 11.4. The van der Waals surface area contributed by atoms with Crippen LogP contribution in [-0.4, -0.2) is 16.6 Å². The predicted molar refractivity (Wildman–Crippen MR) is 75.0 cm³/mol. The number of nitrogens with two attached hydrogens (primary N) is 1. The van der Waals surface area contributed by atoms with E-state index in [1.165, 1.54) is 12.1 Å². The largest absolute Gasteiger partial charge is 0.478 e. The molecule has 106 valence electrons. The van der Waals surface area contributed by atoms with Gasteiger partial charge < -0.3 is 16.2 Å². The third kappa shape index (κ3) is 2.97. The number of hydrogen-bond acceptors (Lipinski definition) is 3. The zero-order valence-corrected chi connectivity index (χ0v) is 11.6. The van der Waals surface area contributed by atoms with E-state index < -0.39 is 11.8 Å². The summed E-state index contributed by atoms with van der Waals surface area (Å²) in [5, 5.41) is 12.4. The van der Waals surface area contributed by atoms with E-state index in [9.17, 15) is 14.3 Å². The number of nitrogen functional groups attached to an aromatic ring is 1. The predicted octanol–water partition coefficient (Wildman–Crippen LogP) is 3.49. The fourth-order valence-electron chi connectivity index (χ4n) is 2.23. The first-order valence-electron chi connectivity index (χ1n) is 6.50. The molecule has 0 heterocycles. The number of anilines is 2. The van der Waals surface area contributed by atoms with Gasteiger partial charge in [0.1, 0.15) is 11.4 Å². The van der Waals surface area contributed by atoms with Crippen LogP contribution in [0.3, 0.4) is 0 Å². The Balaban J connectivity index is 3.28. The number of benzene rings is 1. The molecule has 0 atom stereocenters. The van der Waals surface area contributed by atoms with Crippen LogP contribution in [0, 0.1) is 5.82 Å². The van der Waals surface area contributed by atoms with E-state index in [-0.39, 0.29) is 16.8 Å². The topological polar surface area (TPSA) is 75.3 Å². The lowest BCUT2D eigenvalue weighted by atomic mass is 9.89. The quantitative estimate of drug-likeness (QED) is 0.690. The first kappa shape index (κ1) is 15.3. The first-order chi connectivity index (χ1) is 8.90. The van der Waals surface area contributed by atoms with Crippen molar-refractivity contribution in [2.45, 2.75) is 45.6 Å². The van der Waals surface area contributed by atoms with Crippen LogP contribution in [0.4, 0.5) is 15.8 Å². The molecule has 0 aliphatic heterocycles. The highest BCUT2D eigenvalue weighted by Gasteiger charge is 2.27. The maximum absolute atomic E-state index is 13.4. The van der Waals surface area contributed by atoms with Gasteiger partial charge in [-0.05, 0) is 31.4 Å². The Kier molecular flexibility index (Phi) is 4.75. The van der Waals surface area contributed by atoms with E-state index in [0.29, 0.717) is 5.69 Å². The number of carbonyl (C=O) groups is 1. The fourth-order valence-corrected chi connectivity index (χ4v) is 2.23. The minimum atomic E-state index is -1.23. The average Bonchev–Trinajstić information content (AvgIpc) is 2.40. The van der Waals surface area contributed by atoms with E-state index in [0.717, 1.165) is 19.3 Å². The number of carboxylic acid groups (broad SMARTS) is 1. The highest BCUT2D eigenvalue weighted by Crippen LogP contribution is 2.31. The maximum Gasteiger partial charge on any atom is 0.340 e. The van der Waals surface area contributed by atoms with Crippen molar-refractivity contribution in [1.82, 2.24) is 0 Å². The van der Waals surface area contributed by atoms with Gasteiger partial charge in [-0.3, -0.25) is 0 Å². The van der Waals surface area contributed by atoms with Gasteiger partial charge in [-0.15, -0.1) is 0 Å². The van der Waals surface area contributed by atoms with Crippen molar-refractivity contribution in [2.24, 2.45) is 0 Å². The fraction of sp³-hybridized carbons (Fsp3) is 0.500. The van der Waals surface area contributed by atoms with E-state index >= 15 is 0 Å².